The molecular weight excluding hydrogens is 304 g/mol. The molecule has 0 fully saturated rings. The monoisotopic (exact) mass is 318 g/mol. The number of nitrogens with zero attached hydrogens (tertiary/aromatic N) is 1. The molecule has 0 aliphatic rings. The first-order valence-electron chi connectivity index (χ1n) is 6.64. The van der Waals surface area contributed by atoms with E-state index in [0.29, 0.717) is 24.1 Å². The number of sulfonamides is 1. The lowest BCUT2D eigenvalue weighted by molar-refractivity contribution is 0.588. The van der Waals surface area contributed by atoms with Crippen molar-refractivity contribution in [1.82, 2.24) is 4.57 Å². The van der Waals surface area contributed by atoms with E-state index in [9.17, 15) is 13.2 Å². The van der Waals surface area contributed by atoms with Crippen LogP contribution in [0.1, 0.15) is 5.56 Å². The van der Waals surface area contributed by atoms with Crippen molar-refractivity contribution in [1.29, 1.82) is 0 Å². The molecule has 0 amide bonds. The molecule has 0 atom stereocenters. The van der Waals surface area contributed by atoms with Crippen LogP contribution in [0.3, 0.4) is 0 Å². The van der Waals surface area contributed by atoms with Gasteiger partial charge in [-0.2, -0.15) is 0 Å². The molecule has 0 unspecified atom stereocenters. The van der Waals surface area contributed by atoms with Crippen molar-refractivity contribution < 1.29 is 12.8 Å². The van der Waals surface area contributed by atoms with Gasteiger partial charge < -0.3 is 8.98 Å². The highest BCUT2D eigenvalue weighted by molar-refractivity contribution is 7.89. The Kier molecular flexibility index (Phi) is 3.59. The van der Waals surface area contributed by atoms with Gasteiger partial charge in [-0.05, 0) is 30.2 Å². The van der Waals surface area contributed by atoms with Crippen LogP contribution in [0.15, 0.2) is 63.0 Å². The standard InChI is InChI=1S/C15H14N2O4S/c16-22(19,20)13-4-2-1-3-11(13)5-8-17-9-6-12-7-10-21-14(12)15(17)18/h1-4,6-7,9-10H,5,8H2,(H2,16,19,20). The summed E-state index contributed by atoms with van der Waals surface area (Å²) in [6.07, 6.45) is 3.51. The SMILES string of the molecule is NS(=O)(=O)c1ccccc1CCn1ccc2ccoc2c1=O. The number of aromatic nitrogens is 1. The van der Waals surface area contributed by atoms with E-state index in [-0.39, 0.29) is 10.5 Å². The minimum Gasteiger partial charge on any atom is -0.459 e. The topological polar surface area (TPSA) is 95.3 Å². The molecule has 1 aromatic carbocycles. The largest absolute Gasteiger partial charge is 0.459 e. The molecule has 2 N–H and O–H groups in total. The van der Waals surface area contributed by atoms with Crippen molar-refractivity contribution in [3.05, 3.63) is 64.8 Å². The summed E-state index contributed by atoms with van der Waals surface area (Å²) in [5, 5.41) is 5.95. The van der Waals surface area contributed by atoms with Crippen LogP contribution in [0, 0.1) is 0 Å². The summed E-state index contributed by atoms with van der Waals surface area (Å²) < 4.78 is 29.8. The van der Waals surface area contributed by atoms with Gasteiger partial charge in [-0.15, -0.1) is 0 Å². The van der Waals surface area contributed by atoms with E-state index in [2.05, 4.69) is 0 Å². The van der Waals surface area contributed by atoms with Crippen LogP contribution in [0.4, 0.5) is 0 Å². The number of hydrogen-bond donors (Lipinski definition) is 1. The average Bonchev–Trinajstić information content (AvgIpc) is 2.95. The molecule has 114 valence electrons. The lowest BCUT2D eigenvalue weighted by Gasteiger charge is -2.09. The van der Waals surface area contributed by atoms with Crippen molar-refractivity contribution in [2.45, 2.75) is 17.9 Å². The molecule has 2 heterocycles. The number of furan rings is 1. The van der Waals surface area contributed by atoms with Crippen LogP contribution in [-0.4, -0.2) is 13.0 Å². The fourth-order valence-corrected chi connectivity index (χ4v) is 3.20. The molecule has 0 spiro atoms. The van der Waals surface area contributed by atoms with Crippen molar-refractivity contribution in [3.8, 4) is 0 Å². The maximum atomic E-state index is 12.2. The molecule has 0 aliphatic carbocycles. The second-order valence-electron chi connectivity index (χ2n) is 4.92. The average molecular weight is 318 g/mol. The van der Waals surface area contributed by atoms with E-state index in [0.717, 1.165) is 5.39 Å². The molecule has 0 bridgehead atoms. The maximum absolute atomic E-state index is 12.2. The highest BCUT2D eigenvalue weighted by atomic mass is 32.2. The fourth-order valence-electron chi connectivity index (χ4n) is 2.40. The van der Waals surface area contributed by atoms with E-state index in [4.69, 9.17) is 9.56 Å². The van der Waals surface area contributed by atoms with Crippen LogP contribution in [0.25, 0.3) is 11.0 Å². The van der Waals surface area contributed by atoms with Gasteiger partial charge in [-0.3, -0.25) is 4.79 Å². The minimum absolute atomic E-state index is 0.0853. The molecule has 0 saturated carbocycles. The van der Waals surface area contributed by atoms with Crippen LogP contribution in [0.5, 0.6) is 0 Å². The van der Waals surface area contributed by atoms with Gasteiger partial charge in [0.15, 0.2) is 5.58 Å². The van der Waals surface area contributed by atoms with Gasteiger partial charge in [0.2, 0.25) is 10.0 Å². The predicted molar refractivity (Wildman–Crippen MR) is 82.0 cm³/mol. The summed E-state index contributed by atoms with van der Waals surface area (Å²) in [7, 11) is -3.78. The lowest BCUT2D eigenvalue weighted by atomic mass is 10.1. The van der Waals surface area contributed by atoms with E-state index in [1.54, 1.807) is 36.5 Å². The summed E-state index contributed by atoms with van der Waals surface area (Å²) in [5.41, 5.74) is 0.634. The summed E-state index contributed by atoms with van der Waals surface area (Å²) in [5.74, 6) is 0. The second-order valence-corrected chi connectivity index (χ2v) is 6.45. The smallest absolute Gasteiger partial charge is 0.294 e. The van der Waals surface area contributed by atoms with E-state index < -0.39 is 10.0 Å². The summed E-state index contributed by atoms with van der Waals surface area (Å²) in [6, 6.07) is 10.0. The number of benzene rings is 1. The number of hydrogen-bond acceptors (Lipinski definition) is 4. The normalized spacial score (nSPS) is 11.9. The Labute approximate surface area is 126 Å². The van der Waals surface area contributed by atoms with Crippen molar-refractivity contribution in [2.24, 2.45) is 5.14 Å². The third-order valence-corrected chi connectivity index (χ3v) is 4.50. The Hall–Kier alpha value is -2.38. The number of fused-ring (bicyclic) bond motifs is 1. The molecule has 0 radical (unpaired) electrons. The van der Waals surface area contributed by atoms with Gasteiger partial charge in [-0.25, -0.2) is 13.6 Å². The zero-order chi connectivity index (χ0) is 15.7. The van der Waals surface area contributed by atoms with Gasteiger partial charge >= 0.3 is 0 Å². The van der Waals surface area contributed by atoms with Gasteiger partial charge in [0, 0.05) is 18.1 Å². The zero-order valence-corrected chi connectivity index (χ0v) is 12.4. The lowest BCUT2D eigenvalue weighted by Crippen LogP contribution is -2.21. The van der Waals surface area contributed by atoms with Crippen molar-refractivity contribution in [2.75, 3.05) is 0 Å². The summed E-state index contributed by atoms with van der Waals surface area (Å²) >= 11 is 0. The number of nitrogens with two attached hydrogens (primary N) is 1. The molecule has 7 heteroatoms. The first-order valence-corrected chi connectivity index (χ1v) is 8.19. The molecule has 3 rings (SSSR count). The van der Waals surface area contributed by atoms with Crippen molar-refractivity contribution >= 4 is 21.0 Å². The number of rotatable bonds is 4. The van der Waals surface area contributed by atoms with Crippen LogP contribution in [0.2, 0.25) is 0 Å². The fraction of sp³-hybridized carbons (Fsp3) is 0.133. The molecule has 22 heavy (non-hydrogen) atoms. The Bertz CT molecular complexity index is 986. The third-order valence-electron chi connectivity index (χ3n) is 3.49. The second kappa shape index (κ2) is 5.43. The van der Waals surface area contributed by atoms with E-state index >= 15 is 0 Å². The number of pyridine rings is 1. The van der Waals surface area contributed by atoms with E-state index in [1.165, 1.54) is 16.9 Å². The summed E-state index contributed by atoms with van der Waals surface area (Å²) in [6.45, 7) is 0.335. The molecule has 6 nitrogen and oxygen atoms in total. The first kappa shape index (κ1) is 14.6. The minimum atomic E-state index is -3.78. The highest BCUT2D eigenvalue weighted by Crippen LogP contribution is 2.15. The van der Waals surface area contributed by atoms with Crippen LogP contribution >= 0.6 is 0 Å². The Morgan fingerprint density at radius 2 is 1.91 bits per heavy atom. The van der Waals surface area contributed by atoms with Crippen LogP contribution < -0.4 is 10.7 Å². The molecule has 0 saturated heterocycles. The highest BCUT2D eigenvalue weighted by Gasteiger charge is 2.13. The quantitative estimate of drug-likeness (QED) is 0.788. The van der Waals surface area contributed by atoms with Gasteiger partial charge in [-0.1, -0.05) is 18.2 Å². The maximum Gasteiger partial charge on any atom is 0.294 e. The van der Waals surface area contributed by atoms with Crippen molar-refractivity contribution in [3.63, 3.8) is 0 Å². The zero-order valence-electron chi connectivity index (χ0n) is 11.6. The van der Waals surface area contributed by atoms with Gasteiger partial charge in [0.05, 0.1) is 11.2 Å². The molecule has 0 aliphatic heterocycles. The summed E-state index contributed by atoms with van der Waals surface area (Å²) in [4.78, 5) is 12.3. The van der Waals surface area contributed by atoms with E-state index in [1.807, 2.05) is 0 Å². The predicted octanol–water partition coefficient (Wildman–Crippen LogP) is 1.48. The number of aryl methyl sites for hydroxylation is 2. The Morgan fingerprint density at radius 1 is 1.14 bits per heavy atom. The Balaban J connectivity index is 1.92. The Morgan fingerprint density at radius 3 is 2.68 bits per heavy atom. The number of primary sulfonamides is 1. The third kappa shape index (κ3) is 2.68. The molecule has 3 aromatic rings. The van der Waals surface area contributed by atoms with Crippen LogP contribution in [-0.2, 0) is 23.0 Å². The molecule has 2 aromatic heterocycles. The van der Waals surface area contributed by atoms with Gasteiger partial charge in [0.1, 0.15) is 0 Å². The molecular formula is C15H14N2O4S. The first-order chi connectivity index (χ1) is 10.5. The van der Waals surface area contributed by atoms with Gasteiger partial charge in [0.25, 0.3) is 5.56 Å².